The predicted molar refractivity (Wildman–Crippen MR) is 132 cm³/mol. The Bertz CT molecular complexity index is 1220. The van der Waals surface area contributed by atoms with Crippen LogP contribution in [0.2, 0.25) is 0 Å². The van der Waals surface area contributed by atoms with E-state index in [1.165, 1.54) is 6.07 Å². The highest BCUT2D eigenvalue weighted by atomic mass is 31.2. The maximum Gasteiger partial charge on any atom is 0.351 e. The van der Waals surface area contributed by atoms with Gasteiger partial charge in [0.1, 0.15) is 42.4 Å². The van der Waals surface area contributed by atoms with Gasteiger partial charge in [0.25, 0.3) is 0 Å². The maximum absolute atomic E-state index is 13.0. The van der Waals surface area contributed by atoms with Crippen LogP contribution < -0.4 is 16.7 Å². The molecule has 11 atom stereocenters. The average Bonchev–Trinajstić information content (AvgIpc) is 3.16. The van der Waals surface area contributed by atoms with Crippen LogP contribution in [0.5, 0.6) is 0 Å². The van der Waals surface area contributed by atoms with Crippen molar-refractivity contribution in [3.8, 4) is 0 Å². The number of aliphatic carboxylic acids is 1. The van der Waals surface area contributed by atoms with Crippen LogP contribution >= 0.6 is 7.60 Å². The lowest BCUT2D eigenvalue weighted by atomic mass is 9.84. The molecule has 1 aromatic heterocycles. The molecule has 19 nitrogen and oxygen atoms in total. The summed E-state index contributed by atoms with van der Waals surface area (Å²) in [6, 6.07) is -0.262. The molecule has 1 aromatic rings. The lowest BCUT2D eigenvalue weighted by Crippen LogP contribution is -2.68. The quantitative estimate of drug-likeness (QED) is 0.104. The highest BCUT2D eigenvalue weighted by Gasteiger charge is 2.57. The van der Waals surface area contributed by atoms with Crippen molar-refractivity contribution >= 4 is 25.3 Å². The number of hydrogen-bond donors (Lipinski definition) is 10. The Hall–Kier alpha value is -2.55. The summed E-state index contributed by atoms with van der Waals surface area (Å²) in [4.78, 5) is 50.0. The number of rotatable bonds is 11. The minimum absolute atomic E-state index is 0.119. The second-order valence-electron chi connectivity index (χ2n) is 9.80. The summed E-state index contributed by atoms with van der Waals surface area (Å²) in [5.74, 6) is -2.71. The van der Waals surface area contributed by atoms with Crippen LogP contribution in [0.1, 0.15) is 19.6 Å². The number of aromatic nitrogens is 2. The van der Waals surface area contributed by atoms with E-state index in [9.17, 15) is 59.6 Å². The van der Waals surface area contributed by atoms with Crippen LogP contribution in [-0.2, 0) is 28.2 Å². The largest absolute Gasteiger partial charge is 0.479 e. The predicted octanol–water partition coefficient (Wildman–Crippen LogP) is -5.16. The van der Waals surface area contributed by atoms with E-state index in [0.29, 0.717) is 0 Å². The van der Waals surface area contributed by atoms with Crippen molar-refractivity contribution in [2.45, 2.75) is 73.9 Å². The Balaban J connectivity index is 1.79. The fourth-order valence-corrected chi connectivity index (χ4v) is 6.13. The van der Waals surface area contributed by atoms with E-state index in [1.807, 2.05) is 0 Å². The van der Waals surface area contributed by atoms with E-state index in [4.69, 9.17) is 19.7 Å². The number of anilines is 1. The average molecular weight is 612 g/mol. The second-order valence-corrected chi connectivity index (χ2v) is 11.6. The van der Waals surface area contributed by atoms with Crippen LogP contribution in [0.25, 0.3) is 0 Å². The molecule has 2 fully saturated rings. The SMILES string of the molecule is CC(=O)N[C@H]1[C@H]([C@H](O)[C@H](O)CO)O[C@](CP(=O)(O)OC[C@H]2O[C@@H](n3ccc(N)nc3=O)[C@H](O)[C@@H]2O)(C(=O)O)C[C@@H]1O. The lowest BCUT2D eigenvalue weighted by molar-refractivity contribution is -0.224. The van der Waals surface area contributed by atoms with Crippen LogP contribution in [0.4, 0.5) is 5.82 Å². The van der Waals surface area contributed by atoms with E-state index in [-0.39, 0.29) is 5.82 Å². The van der Waals surface area contributed by atoms with Gasteiger partial charge >= 0.3 is 19.3 Å². The Labute approximate surface area is 231 Å². The van der Waals surface area contributed by atoms with E-state index in [0.717, 1.165) is 17.7 Å². The third-order valence-corrected chi connectivity index (χ3v) is 8.17. The standard InChI is InChI=1S/C21H33N4O15P/c1-8(27)23-13-9(28)4-21(19(33)34,40-17(13)14(30)10(29)5-26)7-41(36,37)38-6-11-15(31)16(32)18(39-11)25-3-2-12(22)24-20(25)35/h2-3,9-11,13-18,26,28-32H,4-7H2,1H3,(H,23,27)(H,33,34)(H,36,37)(H2,22,24,35)/t9-,10+,11+,13+,14+,15+,16+,17+,18+,21+/m0/s1. The number of aliphatic hydroxyl groups is 6. The second kappa shape index (κ2) is 12.8. The highest BCUT2D eigenvalue weighted by Crippen LogP contribution is 2.49. The van der Waals surface area contributed by atoms with Gasteiger partial charge in [0, 0.05) is 19.5 Å². The Morgan fingerprint density at radius 2 is 1.98 bits per heavy atom. The van der Waals surface area contributed by atoms with Crippen molar-refractivity contribution in [1.29, 1.82) is 0 Å². The highest BCUT2D eigenvalue weighted by molar-refractivity contribution is 7.53. The molecule has 1 amide bonds. The number of carboxylic acid groups (broad SMARTS) is 1. The molecule has 2 saturated heterocycles. The molecule has 20 heteroatoms. The normalized spacial score (nSPS) is 34.9. The molecule has 1 unspecified atom stereocenters. The third kappa shape index (κ3) is 7.27. The number of hydrogen-bond acceptors (Lipinski definition) is 15. The minimum atomic E-state index is -5.02. The molecular weight excluding hydrogens is 579 g/mol. The summed E-state index contributed by atoms with van der Waals surface area (Å²) in [5, 5.41) is 73.1. The van der Waals surface area contributed by atoms with E-state index in [2.05, 4.69) is 10.3 Å². The summed E-state index contributed by atoms with van der Waals surface area (Å²) in [7, 11) is -5.02. The Morgan fingerprint density at radius 3 is 2.54 bits per heavy atom. The zero-order chi connectivity index (χ0) is 30.9. The van der Waals surface area contributed by atoms with Crippen molar-refractivity contribution in [3.05, 3.63) is 22.7 Å². The van der Waals surface area contributed by atoms with Gasteiger partial charge in [-0.15, -0.1) is 0 Å². The van der Waals surface area contributed by atoms with Gasteiger partial charge in [0.15, 0.2) is 11.8 Å². The molecule has 232 valence electrons. The zero-order valence-electron chi connectivity index (χ0n) is 21.5. The molecule has 0 aromatic carbocycles. The van der Waals surface area contributed by atoms with E-state index < -0.39 is 112 Å². The molecule has 41 heavy (non-hydrogen) atoms. The van der Waals surface area contributed by atoms with Gasteiger partial charge in [-0.25, -0.2) is 9.59 Å². The molecule has 3 rings (SSSR count). The molecule has 0 bridgehead atoms. The number of carbonyl (C=O) groups is 2. The van der Waals surface area contributed by atoms with Gasteiger partial charge < -0.3 is 65.7 Å². The molecule has 3 heterocycles. The van der Waals surface area contributed by atoms with Crippen molar-refractivity contribution in [2.24, 2.45) is 0 Å². The lowest BCUT2D eigenvalue weighted by Gasteiger charge is -2.47. The summed E-state index contributed by atoms with van der Waals surface area (Å²) in [5.41, 5.74) is 1.79. The number of amides is 1. The molecule has 11 N–H and O–H groups in total. The number of nitrogen functional groups attached to an aromatic ring is 1. The minimum Gasteiger partial charge on any atom is -0.479 e. The van der Waals surface area contributed by atoms with Crippen molar-refractivity contribution in [1.82, 2.24) is 14.9 Å². The van der Waals surface area contributed by atoms with Gasteiger partial charge in [-0.3, -0.25) is 13.9 Å². The molecular formula is C21H33N4O15P. The van der Waals surface area contributed by atoms with E-state index in [1.54, 1.807) is 0 Å². The van der Waals surface area contributed by atoms with Crippen LogP contribution in [-0.4, -0.2) is 136 Å². The Kier molecular flexibility index (Phi) is 10.3. The summed E-state index contributed by atoms with van der Waals surface area (Å²) < 4.78 is 29.7. The van der Waals surface area contributed by atoms with Gasteiger partial charge in [-0.1, -0.05) is 0 Å². The van der Waals surface area contributed by atoms with Crippen molar-refractivity contribution in [3.63, 3.8) is 0 Å². The molecule has 0 spiro atoms. The van der Waals surface area contributed by atoms with Gasteiger partial charge in [-0.05, 0) is 6.07 Å². The number of nitrogens with zero attached hydrogens (tertiary/aromatic N) is 2. The molecule has 2 aliphatic rings. The smallest absolute Gasteiger partial charge is 0.351 e. The molecule has 0 aliphatic carbocycles. The maximum atomic E-state index is 13.0. The van der Waals surface area contributed by atoms with Gasteiger partial charge in [0.05, 0.1) is 31.5 Å². The first-order valence-corrected chi connectivity index (χ1v) is 13.9. The van der Waals surface area contributed by atoms with Crippen molar-refractivity contribution < 1.29 is 68.8 Å². The first-order valence-electron chi connectivity index (χ1n) is 12.2. The zero-order valence-corrected chi connectivity index (χ0v) is 22.4. The fraction of sp³-hybridized carbons (Fsp3) is 0.714. The Morgan fingerprint density at radius 1 is 1.32 bits per heavy atom. The third-order valence-electron chi connectivity index (χ3n) is 6.71. The summed E-state index contributed by atoms with van der Waals surface area (Å²) in [6.45, 7) is -0.850. The number of aliphatic hydroxyl groups excluding tert-OH is 6. The number of carbonyl (C=O) groups excluding carboxylic acids is 1. The van der Waals surface area contributed by atoms with Crippen LogP contribution in [0.15, 0.2) is 17.1 Å². The van der Waals surface area contributed by atoms with Crippen LogP contribution in [0.3, 0.4) is 0 Å². The molecule has 0 radical (unpaired) electrons. The summed E-state index contributed by atoms with van der Waals surface area (Å²) >= 11 is 0. The number of nitrogens with one attached hydrogen (secondary N) is 1. The fourth-order valence-electron chi connectivity index (χ4n) is 4.67. The number of nitrogens with two attached hydrogens (primary N) is 1. The molecule has 2 aliphatic heterocycles. The first-order chi connectivity index (χ1) is 19.0. The van der Waals surface area contributed by atoms with Crippen LogP contribution in [0, 0.1) is 0 Å². The molecule has 0 saturated carbocycles. The topological polar surface area (TPSA) is 314 Å². The number of carboxylic acids is 1. The van der Waals surface area contributed by atoms with Gasteiger partial charge in [-0.2, -0.15) is 4.98 Å². The van der Waals surface area contributed by atoms with Gasteiger partial charge in [0.2, 0.25) is 5.91 Å². The van der Waals surface area contributed by atoms with E-state index >= 15 is 0 Å². The van der Waals surface area contributed by atoms with Crippen molar-refractivity contribution in [2.75, 3.05) is 25.1 Å². The summed E-state index contributed by atoms with van der Waals surface area (Å²) in [6.07, 6.45) is -15.1. The number of ether oxygens (including phenoxy) is 2. The first kappa shape index (κ1) is 33.0. The monoisotopic (exact) mass is 612 g/mol.